The van der Waals surface area contributed by atoms with E-state index in [1.165, 1.54) is 0 Å². The molecule has 0 spiro atoms. The maximum absolute atomic E-state index is 11.9. The Labute approximate surface area is 102 Å². The average molecular weight is 230 g/mol. The zero-order valence-corrected chi connectivity index (χ0v) is 10.1. The van der Waals surface area contributed by atoms with Gasteiger partial charge in [-0.15, -0.1) is 0 Å². The lowest BCUT2D eigenvalue weighted by Crippen LogP contribution is -2.50. The summed E-state index contributed by atoms with van der Waals surface area (Å²) in [5.74, 6) is 0.0993. The van der Waals surface area contributed by atoms with Crippen LogP contribution in [0.15, 0.2) is 36.4 Å². The molecule has 0 unspecified atom stereocenters. The van der Waals surface area contributed by atoms with Gasteiger partial charge in [0, 0.05) is 31.8 Å². The van der Waals surface area contributed by atoms with E-state index in [1.807, 2.05) is 41.3 Å². The van der Waals surface area contributed by atoms with Crippen LogP contribution in [0.25, 0.3) is 6.08 Å². The van der Waals surface area contributed by atoms with Crippen molar-refractivity contribution in [2.24, 2.45) is 0 Å². The van der Waals surface area contributed by atoms with E-state index in [1.54, 1.807) is 6.08 Å². The molecule has 0 aromatic heterocycles. The SMILES string of the molecule is C[C@@H]1CN(C(=O)/C=C/c2ccccc2)CCN1. The standard InChI is InChI=1S/C14H18N2O/c1-12-11-16(10-9-15-12)14(17)8-7-13-5-3-2-4-6-13/h2-8,12,15H,9-11H2,1H3/b8-7+/t12-/m1/s1. The topological polar surface area (TPSA) is 32.3 Å². The number of hydrogen-bond donors (Lipinski definition) is 1. The van der Waals surface area contributed by atoms with E-state index in [2.05, 4.69) is 12.2 Å². The molecule has 1 aromatic carbocycles. The van der Waals surface area contributed by atoms with Crippen LogP contribution in [0, 0.1) is 0 Å². The molecule has 90 valence electrons. The van der Waals surface area contributed by atoms with Gasteiger partial charge in [0.25, 0.3) is 0 Å². The van der Waals surface area contributed by atoms with E-state index in [9.17, 15) is 4.79 Å². The lowest BCUT2D eigenvalue weighted by atomic mass is 10.2. The van der Waals surface area contributed by atoms with Gasteiger partial charge in [0.15, 0.2) is 0 Å². The molecule has 3 heteroatoms. The predicted molar refractivity (Wildman–Crippen MR) is 69.5 cm³/mol. The Morgan fingerprint density at radius 2 is 2.18 bits per heavy atom. The Hall–Kier alpha value is -1.61. The largest absolute Gasteiger partial charge is 0.336 e. The van der Waals surface area contributed by atoms with Crippen molar-refractivity contribution in [3.8, 4) is 0 Å². The molecular weight excluding hydrogens is 212 g/mol. The first kappa shape index (κ1) is 11.9. The van der Waals surface area contributed by atoms with Gasteiger partial charge < -0.3 is 10.2 Å². The number of amides is 1. The van der Waals surface area contributed by atoms with E-state index >= 15 is 0 Å². The maximum Gasteiger partial charge on any atom is 0.246 e. The molecule has 1 aliphatic heterocycles. The van der Waals surface area contributed by atoms with Gasteiger partial charge in [-0.2, -0.15) is 0 Å². The molecule has 0 aliphatic carbocycles. The summed E-state index contributed by atoms with van der Waals surface area (Å²) < 4.78 is 0. The number of hydrogen-bond acceptors (Lipinski definition) is 2. The van der Waals surface area contributed by atoms with Gasteiger partial charge in [-0.25, -0.2) is 0 Å². The monoisotopic (exact) mass is 230 g/mol. The van der Waals surface area contributed by atoms with E-state index in [-0.39, 0.29) is 5.91 Å². The van der Waals surface area contributed by atoms with Crippen LogP contribution in [-0.4, -0.2) is 36.5 Å². The molecule has 1 aliphatic rings. The molecule has 1 aromatic rings. The van der Waals surface area contributed by atoms with Crippen LogP contribution in [0.2, 0.25) is 0 Å². The van der Waals surface area contributed by atoms with Crippen molar-refractivity contribution in [1.82, 2.24) is 10.2 Å². The quantitative estimate of drug-likeness (QED) is 0.781. The molecule has 0 radical (unpaired) electrons. The van der Waals surface area contributed by atoms with Crippen molar-refractivity contribution in [1.29, 1.82) is 0 Å². The fraction of sp³-hybridized carbons (Fsp3) is 0.357. The zero-order chi connectivity index (χ0) is 12.1. The van der Waals surface area contributed by atoms with Crippen molar-refractivity contribution in [3.63, 3.8) is 0 Å². The van der Waals surface area contributed by atoms with Gasteiger partial charge >= 0.3 is 0 Å². The number of carbonyl (C=O) groups excluding carboxylic acids is 1. The van der Waals surface area contributed by atoms with Crippen LogP contribution < -0.4 is 5.32 Å². The van der Waals surface area contributed by atoms with Gasteiger partial charge in [-0.05, 0) is 18.6 Å². The van der Waals surface area contributed by atoms with Crippen LogP contribution in [0.3, 0.4) is 0 Å². The minimum Gasteiger partial charge on any atom is -0.336 e. The van der Waals surface area contributed by atoms with Gasteiger partial charge in [-0.3, -0.25) is 4.79 Å². The zero-order valence-electron chi connectivity index (χ0n) is 10.1. The first-order valence-corrected chi connectivity index (χ1v) is 6.01. The summed E-state index contributed by atoms with van der Waals surface area (Å²) in [6.45, 7) is 4.56. The van der Waals surface area contributed by atoms with Crippen molar-refractivity contribution in [2.45, 2.75) is 13.0 Å². The number of nitrogens with zero attached hydrogens (tertiary/aromatic N) is 1. The second-order valence-corrected chi connectivity index (χ2v) is 4.38. The van der Waals surface area contributed by atoms with Crippen molar-refractivity contribution in [3.05, 3.63) is 42.0 Å². The average Bonchev–Trinajstić information content (AvgIpc) is 2.37. The van der Waals surface area contributed by atoms with Gasteiger partial charge in [0.05, 0.1) is 0 Å². The van der Waals surface area contributed by atoms with Crippen LogP contribution in [0.4, 0.5) is 0 Å². The molecule has 2 rings (SSSR count). The highest BCUT2D eigenvalue weighted by atomic mass is 16.2. The van der Waals surface area contributed by atoms with Crippen LogP contribution in [0.5, 0.6) is 0 Å². The summed E-state index contributed by atoms with van der Waals surface area (Å²) in [5.41, 5.74) is 1.06. The van der Waals surface area contributed by atoms with Gasteiger partial charge in [0.2, 0.25) is 5.91 Å². The molecule has 1 amide bonds. The third-order valence-electron chi connectivity index (χ3n) is 2.90. The summed E-state index contributed by atoms with van der Waals surface area (Å²) in [6.07, 6.45) is 3.53. The smallest absolute Gasteiger partial charge is 0.246 e. The normalized spacial score (nSPS) is 20.8. The molecule has 1 heterocycles. The summed E-state index contributed by atoms with van der Waals surface area (Å²) >= 11 is 0. The van der Waals surface area contributed by atoms with Gasteiger partial charge in [-0.1, -0.05) is 30.3 Å². The highest BCUT2D eigenvalue weighted by Crippen LogP contribution is 2.04. The summed E-state index contributed by atoms with van der Waals surface area (Å²) in [6, 6.07) is 10.3. The molecular formula is C14H18N2O. The summed E-state index contributed by atoms with van der Waals surface area (Å²) in [5, 5.41) is 3.32. The molecule has 1 saturated heterocycles. The summed E-state index contributed by atoms with van der Waals surface area (Å²) in [7, 11) is 0. The highest BCUT2D eigenvalue weighted by molar-refractivity contribution is 5.91. The summed E-state index contributed by atoms with van der Waals surface area (Å²) in [4.78, 5) is 13.8. The van der Waals surface area contributed by atoms with Crippen LogP contribution >= 0.6 is 0 Å². The molecule has 1 fully saturated rings. The van der Waals surface area contributed by atoms with Crippen molar-refractivity contribution >= 4 is 12.0 Å². The molecule has 17 heavy (non-hydrogen) atoms. The number of benzene rings is 1. The molecule has 0 saturated carbocycles. The number of carbonyl (C=O) groups is 1. The molecule has 3 nitrogen and oxygen atoms in total. The first-order chi connectivity index (χ1) is 8.25. The second-order valence-electron chi connectivity index (χ2n) is 4.38. The third-order valence-corrected chi connectivity index (χ3v) is 2.90. The van der Waals surface area contributed by atoms with E-state index < -0.39 is 0 Å². The minimum absolute atomic E-state index is 0.0993. The Balaban J connectivity index is 1.94. The lowest BCUT2D eigenvalue weighted by molar-refractivity contribution is -0.127. The van der Waals surface area contributed by atoms with Crippen LogP contribution in [-0.2, 0) is 4.79 Å². The molecule has 0 bridgehead atoms. The number of rotatable bonds is 2. The van der Waals surface area contributed by atoms with E-state index in [4.69, 9.17) is 0 Å². The highest BCUT2D eigenvalue weighted by Gasteiger charge is 2.18. The Bertz CT molecular complexity index is 400. The van der Waals surface area contributed by atoms with Gasteiger partial charge in [0.1, 0.15) is 0 Å². The van der Waals surface area contributed by atoms with E-state index in [0.717, 1.165) is 25.2 Å². The molecule has 1 atom stereocenters. The minimum atomic E-state index is 0.0993. The predicted octanol–water partition coefficient (Wildman–Crippen LogP) is 1.52. The van der Waals surface area contributed by atoms with Crippen molar-refractivity contribution in [2.75, 3.05) is 19.6 Å². The van der Waals surface area contributed by atoms with E-state index in [0.29, 0.717) is 6.04 Å². The lowest BCUT2D eigenvalue weighted by Gasteiger charge is -2.31. The Kier molecular flexibility index (Phi) is 3.94. The van der Waals surface area contributed by atoms with Crippen LogP contribution in [0.1, 0.15) is 12.5 Å². The first-order valence-electron chi connectivity index (χ1n) is 6.01. The number of nitrogens with one attached hydrogen (secondary N) is 1. The Morgan fingerprint density at radius 3 is 2.88 bits per heavy atom. The number of piperazine rings is 1. The fourth-order valence-corrected chi connectivity index (χ4v) is 1.97. The second kappa shape index (κ2) is 5.64. The molecule has 1 N–H and O–H groups in total. The Morgan fingerprint density at radius 1 is 1.41 bits per heavy atom. The third kappa shape index (κ3) is 3.43. The van der Waals surface area contributed by atoms with Crippen molar-refractivity contribution < 1.29 is 4.79 Å². The fourth-order valence-electron chi connectivity index (χ4n) is 1.97. The maximum atomic E-state index is 11.9.